The van der Waals surface area contributed by atoms with E-state index in [0.717, 1.165) is 20.3 Å². The van der Waals surface area contributed by atoms with Crippen LogP contribution in [0.2, 0.25) is 0 Å². The van der Waals surface area contributed by atoms with Gasteiger partial charge in [0.05, 0.1) is 5.69 Å². The van der Waals surface area contributed by atoms with Crippen molar-refractivity contribution in [3.05, 3.63) is 68.3 Å². The van der Waals surface area contributed by atoms with Gasteiger partial charge in [-0.3, -0.25) is 15.0 Å². The maximum Gasteiger partial charge on any atom is 0.282 e. The zero-order chi connectivity index (χ0) is 16.6. The molecule has 0 aromatic heterocycles. The Balaban J connectivity index is 1.97. The number of nitrogens with zero attached hydrogens (tertiary/aromatic N) is 1. The lowest BCUT2D eigenvalue weighted by Crippen LogP contribution is -2.35. The minimum atomic E-state index is -0.382. The molecule has 0 bridgehead atoms. The lowest BCUT2D eigenvalue weighted by atomic mass is 10.1. The second-order valence-corrected chi connectivity index (χ2v) is 6.59. The molecule has 0 radical (unpaired) electrons. The van der Waals surface area contributed by atoms with Gasteiger partial charge in [-0.25, -0.2) is 5.01 Å². The Bertz CT molecular complexity index is 843. The van der Waals surface area contributed by atoms with Crippen molar-refractivity contribution in [1.82, 2.24) is 5.43 Å². The Morgan fingerprint density at radius 3 is 2.48 bits per heavy atom. The number of rotatable bonds is 2. The largest absolute Gasteiger partial charge is 0.282 e. The summed E-state index contributed by atoms with van der Waals surface area (Å²) in [5.41, 5.74) is 6.50. The van der Waals surface area contributed by atoms with Crippen LogP contribution in [0, 0.1) is 17.4 Å². The van der Waals surface area contributed by atoms with E-state index in [1.165, 1.54) is 5.01 Å². The lowest BCUT2D eigenvalue weighted by Gasteiger charge is -2.15. The highest BCUT2D eigenvalue weighted by molar-refractivity contribution is 14.1. The molecular formula is C18H15IN2O2. The molecule has 1 fully saturated rings. The monoisotopic (exact) mass is 418 g/mol. The molecular weight excluding hydrogens is 403 g/mol. The molecule has 2 aromatic carbocycles. The van der Waals surface area contributed by atoms with Crippen molar-refractivity contribution in [3.8, 4) is 0 Å². The number of amides is 2. The van der Waals surface area contributed by atoms with Crippen molar-refractivity contribution in [1.29, 1.82) is 0 Å². The number of hydrogen-bond donors (Lipinski definition) is 1. The first-order chi connectivity index (χ1) is 11.0. The first kappa shape index (κ1) is 15.7. The van der Waals surface area contributed by atoms with E-state index in [0.29, 0.717) is 5.69 Å². The average Bonchev–Trinajstić information content (AvgIpc) is 2.80. The topological polar surface area (TPSA) is 49.4 Å². The molecule has 0 spiro atoms. The van der Waals surface area contributed by atoms with Crippen LogP contribution >= 0.6 is 22.6 Å². The van der Waals surface area contributed by atoms with Gasteiger partial charge < -0.3 is 0 Å². The molecule has 5 heteroatoms. The van der Waals surface area contributed by atoms with Gasteiger partial charge in [0.2, 0.25) is 0 Å². The van der Waals surface area contributed by atoms with Gasteiger partial charge >= 0.3 is 0 Å². The van der Waals surface area contributed by atoms with Crippen molar-refractivity contribution in [2.75, 3.05) is 5.01 Å². The normalized spacial score (nSPS) is 16.1. The molecule has 1 aliphatic rings. The molecule has 1 aliphatic heterocycles. The summed E-state index contributed by atoms with van der Waals surface area (Å²) in [6, 6.07) is 13.3. The Hall–Kier alpha value is -2.15. The number of benzene rings is 2. The van der Waals surface area contributed by atoms with Crippen LogP contribution in [0.25, 0.3) is 6.08 Å². The third-order valence-electron chi connectivity index (χ3n) is 3.85. The third-order valence-corrected chi connectivity index (χ3v) is 4.83. The highest BCUT2D eigenvalue weighted by Gasteiger charge is 2.34. The van der Waals surface area contributed by atoms with Crippen molar-refractivity contribution in [2.24, 2.45) is 0 Å². The van der Waals surface area contributed by atoms with Crippen LogP contribution in [0.3, 0.4) is 0 Å². The molecule has 3 rings (SSSR count). The van der Waals surface area contributed by atoms with Crippen molar-refractivity contribution in [2.45, 2.75) is 13.8 Å². The minimum Gasteiger partial charge on any atom is -0.267 e. The third kappa shape index (κ3) is 3.01. The van der Waals surface area contributed by atoms with E-state index in [1.54, 1.807) is 6.08 Å². The molecule has 1 N–H and O–H groups in total. The molecule has 0 unspecified atom stereocenters. The summed E-state index contributed by atoms with van der Waals surface area (Å²) in [5, 5.41) is 1.30. The predicted molar refractivity (Wildman–Crippen MR) is 98.7 cm³/mol. The van der Waals surface area contributed by atoms with Gasteiger partial charge in [0.1, 0.15) is 5.57 Å². The highest BCUT2D eigenvalue weighted by Crippen LogP contribution is 2.24. The molecule has 23 heavy (non-hydrogen) atoms. The van der Waals surface area contributed by atoms with Gasteiger partial charge in [0.25, 0.3) is 11.8 Å². The van der Waals surface area contributed by atoms with Gasteiger partial charge in [-0.2, -0.15) is 0 Å². The van der Waals surface area contributed by atoms with Crippen LogP contribution in [0.5, 0.6) is 0 Å². The Morgan fingerprint density at radius 2 is 1.78 bits per heavy atom. The summed E-state index contributed by atoms with van der Waals surface area (Å²) in [7, 11) is 0. The maximum absolute atomic E-state index is 12.6. The number of anilines is 1. The van der Waals surface area contributed by atoms with Crippen LogP contribution in [0.15, 0.2) is 48.0 Å². The SMILES string of the molecule is Cc1ccc(N2NC(=O)/C(=C/c3ccccc3I)C2=O)cc1C. The van der Waals surface area contributed by atoms with E-state index in [4.69, 9.17) is 0 Å². The molecule has 0 aliphatic carbocycles. The smallest absolute Gasteiger partial charge is 0.267 e. The van der Waals surface area contributed by atoms with Crippen LogP contribution in [0.4, 0.5) is 5.69 Å². The van der Waals surface area contributed by atoms with Crippen LogP contribution in [-0.4, -0.2) is 11.8 Å². The number of hydrazine groups is 1. The van der Waals surface area contributed by atoms with Crippen molar-refractivity contribution < 1.29 is 9.59 Å². The fraction of sp³-hybridized carbons (Fsp3) is 0.111. The maximum atomic E-state index is 12.6. The minimum absolute atomic E-state index is 0.146. The Kier molecular flexibility index (Phi) is 4.21. The molecule has 1 saturated heterocycles. The number of carbonyl (C=O) groups is 2. The molecule has 1 heterocycles. The number of nitrogens with one attached hydrogen (secondary N) is 1. The summed E-state index contributed by atoms with van der Waals surface area (Å²) in [6.07, 6.45) is 1.64. The predicted octanol–water partition coefficient (Wildman–Crippen LogP) is 3.37. The highest BCUT2D eigenvalue weighted by atomic mass is 127. The Morgan fingerprint density at radius 1 is 1.04 bits per heavy atom. The molecule has 4 nitrogen and oxygen atoms in total. The molecule has 2 amide bonds. The molecule has 2 aromatic rings. The number of carbonyl (C=O) groups excluding carboxylic acids is 2. The van der Waals surface area contributed by atoms with E-state index in [9.17, 15) is 9.59 Å². The summed E-state index contributed by atoms with van der Waals surface area (Å²) in [5.74, 6) is -0.717. The fourth-order valence-electron chi connectivity index (χ4n) is 2.35. The first-order valence-corrected chi connectivity index (χ1v) is 8.24. The number of hydrogen-bond acceptors (Lipinski definition) is 2. The molecule has 0 saturated carbocycles. The Labute approximate surface area is 148 Å². The fourth-order valence-corrected chi connectivity index (χ4v) is 2.89. The summed E-state index contributed by atoms with van der Waals surface area (Å²) in [6.45, 7) is 3.98. The van der Waals surface area contributed by atoms with E-state index < -0.39 is 0 Å². The summed E-state index contributed by atoms with van der Waals surface area (Å²) >= 11 is 2.18. The van der Waals surface area contributed by atoms with Gasteiger partial charge in [-0.05, 0) is 77.4 Å². The zero-order valence-electron chi connectivity index (χ0n) is 12.8. The van der Waals surface area contributed by atoms with Crippen LogP contribution in [-0.2, 0) is 9.59 Å². The van der Waals surface area contributed by atoms with E-state index in [-0.39, 0.29) is 17.4 Å². The number of halogens is 1. The van der Waals surface area contributed by atoms with Gasteiger partial charge in [0.15, 0.2) is 0 Å². The van der Waals surface area contributed by atoms with Crippen LogP contribution in [0.1, 0.15) is 16.7 Å². The summed E-state index contributed by atoms with van der Waals surface area (Å²) < 4.78 is 0.989. The molecule has 116 valence electrons. The summed E-state index contributed by atoms with van der Waals surface area (Å²) in [4.78, 5) is 24.8. The van der Waals surface area contributed by atoms with Gasteiger partial charge in [0, 0.05) is 3.57 Å². The van der Waals surface area contributed by atoms with Gasteiger partial charge in [-0.1, -0.05) is 24.3 Å². The van der Waals surface area contributed by atoms with Gasteiger partial charge in [-0.15, -0.1) is 0 Å². The zero-order valence-corrected chi connectivity index (χ0v) is 14.9. The van der Waals surface area contributed by atoms with E-state index in [1.807, 2.05) is 56.3 Å². The first-order valence-electron chi connectivity index (χ1n) is 7.16. The standard InChI is InChI=1S/C18H15IN2O2/c1-11-7-8-14(9-12(11)2)21-18(23)15(17(22)20-21)10-13-5-3-4-6-16(13)19/h3-10H,1-2H3,(H,20,22)/b15-10-. The molecule has 0 atom stereocenters. The van der Waals surface area contributed by atoms with Crippen molar-refractivity contribution >= 4 is 46.2 Å². The second-order valence-electron chi connectivity index (χ2n) is 5.43. The average molecular weight is 418 g/mol. The van der Waals surface area contributed by atoms with E-state index in [2.05, 4.69) is 28.0 Å². The van der Waals surface area contributed by atoms with Crippen molar-refractivity contribution in [3.63, 3.8) is 0 Å². The van der Waals surface area contributed by atoms with Crippen LogP contribution < -0.4 is 10.4 Å². The quantitative estimate of drug-likeness (QED) is 0.462. The number of aryl methyl sites for hydroxylation is 2. The second kappa shape index (κ2) is 6.16. The van der Waals surface area contributed by atoms with E-state index >= 15 is 0 Å². The lowest BCUT2D eigenvalue weighted by molar-refractivity contribution is -0.117.